The molecule has 1 aromatic rings. The third-order valence-corrected chi connectivity index (χ3v) is 3.88. The standard InChI is InChI=1S/C18H26N2O/c1-14-10-15(2)12-17(11-14)21-9-5-4-8-18(3,13-19)20-16-6-7-16/h10-12,16,20H,4-9H2,1-3H3. The summed E-state index contributed by atoms with van der Waals surface area (Å²) < 4.78 is 5.81. The number of hydrogen-bond donors (Lipinski definition) is 1. The number of unbranched alkanes of at least 4 members (excludes halogenated alkanes) is 1. The molecule has 0 spiro atoms. The maximum atomic E-state index is 9.31. The van der Waals surface area contributed by atoms with E-state index in [1.165, 1.54) is 24.0 Å². The molecule has 0 aromatic heterocycles. The van der Waals surface area contributed by atoms with E-state index in [1.54, 1.807) is 0 Å². The lowest BCUT2D eigenvalue weighted by Gasteiger charge is -2.23. The quantitative estimate of drug-likeness (QED) is 0.737. The number of aryl methyl sites for hydroxylation is 2. The molecule has 3 heteroatoms. The summed E-state index contributed by atoms with van der Waals surface area (Å²) >= 11 is 0. The van der Waals surface area contributed by atoms with Gasteiger partial charge < -0.3 is 4.74 Å². The fourth-order valence-electron chi connectivity index (χ4n) is 2.63. The highest BCUT2D eigenvalue weighted by atomic mass is 16.5. The van der Waals surface area contributed by atoms with Crippen molar-refractivity contribution in [3.63, 3.8) is 0 Å². The second kappa shape index (κ2) is 6.95. The van der Waals surface area contributed by atoms with Crippen LogP contribution >= 0.6 is 0 Å². The molecule has 114 valence electrons. The Kier molecular flexibility index (Phi) is 5.25. The molecule has 1 unspecified atom stereocenters. The van der Waals surface area contributed by atoms with Gasteiger partial charge in [-0.2, -0.15) is 5.26 Å². The van der Waals surface area contributed by atoms with Gasteiger partial charge in [-0.3, -0.25) is 5.32 Å². The normalized spacial score (nSPS) is 17.0. The third kappa shape index (κ3) is 5.40. The Morgan fingerprint density at radius 1 is 1.24 bits per heavy atom. The summed E-state index contributed by atoms with van der Waals surface area (Å²) in [5.41, 5.74) is 2.09. The van der Waals surface area contributed by atoms with Gasteiger partial charge >= 0.3 is 0 Å². The second-order valence-corrected chi connectivity index (χ2v) is 6.49. The lowest BCUT2D eigenvalue weighted by molar-refractivity contribution is 0.294. The molecule has 1 N–H and O–H groups in total. The van der Waals surface area contributed by atoms with E-state index < -0.39 is 0 Å². The van der Waals surface area contributed by atoms with E-state index in [9.17, 15) is 5.26 Å². The van der Waals surface area contributed by atoms with Crippen molar-refractivity contribution in [3.05, 3.63) is 29.3 Å². The van der Waals surface area contributed by atoms with Gasteiger partial charge in [-0.05, 0) is 76.1 Å². The van der Waals surface area contributed by atoms with Crippen LogP contribution in [0.4, 0.5) is 0 Å². The van der Waals surface area contributed by atoms with Crippen molar-refractivity contribution < 1.29 is 4.74 Å². The van der Waals surface area contributed by atoms with E-state index in [-0.39, 0.29) is 5.54 Å². The van der Waals surface area contributed by atoms with Crippen LogP contribution in [0.2, 0.25) is 0 Å². The Morgan fingerprint density at radius 3 is 2.48 bits per heavy atom. The molecule has 1 atom stereocenters. The molecule has 1 aliphatic rings. The first-order chi connectivity index (χ1) is 10.0. The fraction of sp³-hybridized carbons (Fsp3) is 0.611. The van der Waals surface area contributed by atoms with Crippen LogP contribution in [0.5, 0.6) is 5.75 Å². The van der Waals surface area contributed by atoms with E-state index in [0.717, 1.165) is 25.0 Å². The Labute approximate surface area is 128 Å². The van der Waals surface area contributed by atoms with Gasteiger partial charge in [0.15, 0.2) is 0 Å². The summed E-state index contributed by atoms with van der Waals surface area (Å²) in [5, 5.41) is 12.8. The predicted molar refractivity (Wildman–Crippen MR) is 85.4 cm³/mol. The van der Waals surface area contributed by atoms with Crippen molar-refractivity contribution in [3.8, 4) is 11.8 Å². The maximum absolute atomic E-state index is 9.31. The smallest absolute Gasteiger partial charge is 0.119 e. The van der Waals surface area contributed by atoms with E-state index in [1.807, 2.05) is 6.92 Å². The average Bonchev–Trinajstić information content (AvgIpc) is 3.21. The summed E-state index contributed by atoms with van der Waals surface area (Å²) in [6.45, 7) is 6.90. The highest BCUT2D eigenvalue weighted by Crippen LogP contribution is 2.25. The minimum Gasteiger partial charge on any atom is -0.494 e. The van der Waals surface area contributed by atoms with Gasteiger partial charge in [0.1, 0.15) is 11.3 Å². The van der Waals surface area contributed by atoms with E-state index >= 15 is 0 Å². The molecule has 0 heterocycles. The molecule has 0 amide bonds. The molecule has 1 aromatic carbocycles. The first-order valence-corrected chi connectivity index (χ1v) is 7.91. The summed E-state index contributed by atoms with van der Waals surface area (Å²) in [6.07, 6.45) is 5.31. The molecule has 0 radical (unpaired) electrons. The van der Waals surface area contributed by atoms with Gasteiger partial charge in [0.05, 0.1) is 12.7 Å². The van der Waals surface area contributed by atoms with Gasteiger partial charge in [0.2, 0.25) is 0 Å². The molecule has 0 bridgehead atoms. The monoisotopic (exact) mass is 286 g/mol. The van der Waals surface area contributed by atoms with Crippen molar-refractivity contribution in [1.29, 1.82) is 5.26 Å². The van der Waals surface area contributed by atoms with Crippen LogP contribution in [-0.2, 0) is 0 Å². The number of rotatable bonds is 8. The summed E-state index contributed by atoms with van der Waals surface area (Å²) in [6, 6.07) is 9.28. The Hall–Kier alpha value is -1.53. The molecule has 2 rings (SSSR count). The SMILES string of the molecule is Cc1cc(C)cc(OCCCCC(C)(C#N)NC2CC2)c1. The van der Waals surface area contributed by atoms with Crippen molar-refractivity contribution in [2.45, 2.75) is 64.5 Å². The molecule has 1 fully saturated rings. The summed E-state index contributed by atoms with van der Waals surface area (Å²) in [5.74, 6) is 0.951. The van der Waals surface area contributed by atoms with Crippen LogP contribution in [-0.4, -0.2) is 18.2 Å². The molecular weight excluding hydrogens is 260 g/mol. The number of ether oxygens (including phenoxy) is 1. The van der Waals surface area contributed by atoms with E-state index in [4.69, 9.17) is 4.74 Å². The first kappa shape index (κ1) is 15.9. The van der Waals surface area contributed by atoms with E-state index in [2.05, 4.69) is 43.4 Å². The van der Waals surface area contributed by atoms with Crippen molar-refractivity contribution >= 4 is 0 Å². The van der Waals surface area contributed by atoms with Crippen molar-refractivity contribution in [1.82, 2.24) is 5.32 Å². The fourth-order valence-corrected chi connectivity index (χ4v) is 2.63. The van der Waals surface area contributed by atoms with Gasteiger partial charge in [-0.25, -0.2) is 0 Å². The third-order valence-electron chi connectivity index (χ3n) is 3.88. The lowest BCUT2D eigenvalue weighted by atomic mass is 9.96. The number of nitriles is 1. The van der Waals surface area contributed by atoms with Crippen LogP contribution in [0.3, 0.4) is 0 Å². The second-order valence-electron chi connectivity index (χ2n) is 6.49. The molecule has 21 heavy (non-hydrogen) atoms. The van der Waals surface area contributed by atoms with Crippen molar-refractivity contribution in [2.75, 3.05) is 6.61 Å². The van der Waals surface area contributed by atoms with Crippen LogP contribution in [0.1, 0.15) is 50.2 Å². The topological polar surface area (TPSA) is 45.0 Å². The van der Waals surface area contributed by atoms with Crippen LogP contribution in [0, 0.1) is 25.2 Å². The highest BCUT2D eigenvalue weighted by molar-refractivity contribution is 5.32. The van der Waals surface area contributed by atoms with Crippen LogP contribution < -0.4 is 10.1 Å². The molecule has 1 saturated carbocycles. The zero-order valence-corrected chi connectivity index (χ0v) is 13.4. The molecule has 1 aliphatic carbocycles. The van der Waals surface area contributed by atoms with Crippen molar-refractivity contribution in [2.24, 2.45) is 0 Å². The highest BCUT2D eigenvalue weighted by Gasteiger charge is 2.31. The van der Waals surface area contributed by atoms with Gasteiger partial charge in [-0.1, -0.05) is 6.07 Å². The molecule has 0 aliphatic heterocycles. The van der Waals surface area contributed by atoms with Gasteiger partial charge in [0.25, 0.3) is 0 Å². The zero-order valence-electron chi connectivity index (χ0n) is 13.4. The predicted octanol–water partition coefficient (Wildman–Crippen LogP) is 3.89. The lowest BCUT2D eigenvalue weighted by Crippen LogP contribution is -2.42. The Balaban J connectivity index is 1.68. The maximum Gasteiger partial charge on any atom is 0.119 e. The average molecular weight is 286 g/mol. The molecule has 0 saturated heterocycles. The number of benzene rings is 1. The van der Waals surface area contributed by atoms with Crippen LogP contribution in [0.25, 0.3) is 0 Å². The molecular formula is C18H26N2O. The van der Waals surface area contributed by atoms with Gasteiger partial charge in [0, 0.05) is 6.04 Å². The van der Waals surface area contributed by atoms with Crippen LogP contribution in [0.15, 0.2) is 18.2 Å². The summed E-state index contributed by atoms with van der Waals surface area (Å²) in [4.78, 5) is 0. The van der Waals surface area contributed by atoms with Gasteiger partial charge in [-0.15, -0.1) is 0 Å². The number of nitrogens with zero attached hydrogens (tertiary/aromatic N) is 1. The van der Waals surface area contributed by atoms with E-state index in [0.29, 0.717) is 12.6 Å². The number of nitrogens with one attached hydrogen (secondary N) is 1. The first-order valence-electron chi connectivity index (χ1n) is 7.91. The zero-order chi connectivity index (χ0) is 15.3. The minimum atomic E-state index is -0.374. The minimum absolute atomic E-state index is 0.374. The largest absolute Gasteiger partial charge is 0.494 e. The summed E-state index contributed by atoms with van der Waals surface area (Å²) in [7, 11) is 0. The Bertz CT molecular complexity index is 496. The number of hydrogen-bond acceptors (Lipinski definition) is 3. The molecule has 3 nitrogen and oxygen atoms in total. The Morgan fingerprint density at radius 2 is 1.90 bits per heavy atom.